The first-order valence-corrected chi connectivity index (χ1v) is 5.93. The second kappa shape index (κ2) is 5.14. The Bertz CT molecular complexity index is 471. The highest BCUT2D eigenvalue weighted by molar-refractivity contribution is 5.10. The summed E-state index contributed by atoms with van der Waals surface area (Å²) in [6.07, 6.45) is 5.82. The zero-order chi connectivity index (χ0) is 12.3. The number of rotatable bonds is 5. The van der Waals surface area contributed by atoms with E-state index in [4.69, 9.17) is 0 Å². The third-order valence-electron chi connectivity index (χ3n) is 2.99. The van der Waals surface area contributed by atoms with E-state index in [1.165, 1.54) is 11.3 Å². The van der Waals surface area contributed by atoms with Crippen molar-refractivity contribution in [3.8, 4) is 0 Å². The van der Waals surface area contributed by atoms with Crippen molar-refractivity contribution < 1.29 is 0 Å². The predicted molar refractivity (Wildman–Crippen MR) is 66.4 cm³/mol. The van der Waals surface area contributed by atoms with Gasteiger partial charge in [-0.2, -0.15) is 10.2 Å². The molecule has 1 unspecified atom stereocenters. The summed E-state index contributed by atoms with van der Waals surface area (Å²) < 4.78 is 3.83. The molecule has 2 aromatic heterocycles. The average molecular weight is 233 g/mol. The fourth-order valence-corrected chi connectivity index (χ4v) is 1.73. The summed E-state index contributed by atoms with van der Waals surface area (Å²) >= 11 is 0. The van der Waals surface area contributed by atoms with Crippen LogP contribution in [0.15, 0.2) is 24.7 Å². The monoisotopic (exact) mass is 233 g/mol. The molecule has 0 bridgehead atoms. The van der Waals surface area contributed by atoms with Gasteiger partial charge in [0, 0.05) is 44.1 Å². The standard InChI is InChI=1S/C12H19N5/c1-4-17-9-11(7-15-17)10(2)13-8-12-5-6-14-16(12)3/h5-7,9-10,13H,4,8H2,1-3H3. The van der Waals surface area contributed by atoms with E-state index in [9.17, 15) is 0 Å². The molecule has 0 fully saturated rings. The van der Waals surface area contributed by atoms with Crippen LogP contribution in [0.3, 0.4) is 0 Å². The van der Waals surface area contributed by atoms with Crippen molar-refractivity contribution in [1.82, 2.24) is 24.9 Å². The van der Waals surface area contributed by atoms with Gasteiger partial charge in [0.1, 0.15) is 0 Å². The topological polar surface area (TPSA) is 47.7 Å². The van der Waals surface area contributed by atoms with Gasteiger partial charge in [0.25, 0.3) is 0 Å². The second-order valence-corrected chi connectivity index (χ2v) is 4.18. The quantitative estimate of drug-likeness (QED) is 0.851. The van der Waals surface area contributed by atoms with Crippen LogP contribution in [0.2, 0.25) is 0 Å². The van der Waals surface area contributed by atoms with Gasteiger partial charge in [0.15, 0.2) is 0 Å². The molecule has 0 spiro atoms. The molecule has 0 amide bonds. The van der Waals surface area contributed by atoms with Crippen molar-refractivity contribution in [3.05, 3.63) is 35.9 Å². The maximum atomic E-state index is 4.28. The molecular formula is C12H19N5. The van der Waals surface area contributed by atoms with Gasteiger partial charge in [-0.15, -0.1) is 0 Å². The molecule has 2 aromatic rings. The SMILES string of the molecule is CCn1cc(C(C)NCc2ccnn2C)cn1. The molecule has 92 valence electrons. The van der Waals surface area contributed by atoms with Crippen molar-refractivity contribution in [1.29, 1.82) is 0 Å². The number of nitrogens with one attached hydrogen (secondary N) is 1. The van der Waals surface area contributed by atoms with Crippen molar-refractivity contribution in [2.45, 2.75) is 33.0 Å². The predicted octanol–water partition coefficient (Wildman–Crippen LogP) is 1.49. The lowest BCUT2D eigenvalue weighted by Gasteiger charge is -2.11. The summed E-state index contributed by atoms with van der Waals surface area (Å²) in [5.41, 5.74) is 2.40. The Morgan fingerprint density at radius 2 is 2.24 bits per heavy atom. The molecule has 0 saturated heterocycles. The molecule has 2 heterocycles. The summed E-state index contributed by atoms with van der Waals surface area (Å²) in [4.78, 5) is 0. The third kappa shape index (κ3) is 2.74. The van der Waals surface area contributed by atoms with Crippen LogP contribution < -0.4 is 5.32 Å². The normalized spacial score (nSPS) is 12.9. The van der Waals surface area contributed by atoms with Crippen molar-refractivity contribution in [2.75, 3.05) is 0 Å². The number of nitrogens with zero attached hydrogens (tertiary/aromatic N) is 4. The average Bonchev–Trinajstić information content (AvgIpc) is 2.94. The number of hydrogen-bond acceptors (Lipinski definition) is 3. The lowest BCUT2D eigenvalue weighted by molar-refractivity contribution is 0.547. The van der Waals surface area contributed by atoms with E-state index in [1.54, 1.807) is 0 Å². The smallest absolute Gasteiger partial charge is 0.0537 e. The van der Waals surface area contributed by atoms with Gasteiger partial charge >= 0.3 is 0 Å². The Balaban J connectivity index is 1.93. The van der Waals surface area contributed by atoms with Crippen LogP contribution in [-0.4, -0.2) is 19.6 Å². The summed E-state index contributed by atoms with van der Waals surface area (Å²) in [6.45, 7) is 5.96. The van der Waals surface area contributed by atoms with Crippen LogP contribution in [0, 0.1) is 0 Å². The van der Waals surface area contributed by atoms with E-state index < -0.39 is 0 Å². The fourth-order valence-electron chi connectivity index (χ4n) is 1.73. The molecule has 0 saturated carbocycles. The highest BCUT2D eigenvalue weighted by Crippen LogP contribution is 2.11. The van der Waals surface area contributed by atoms with Crippen molar-refractivity contribution in [2.24, 2.45) is 7.05 Å². The van der Waals surface area contributed by atoms with Crippen molar-refractivity contribution >= 4 is 0 Å². The molecular weight excluding hydrogens is 214 g/mol. The highest BCUT2D eigenvalue weighted by Gasteiger charge is 2.08. The first kappa shape index (κ1) is 11.9. The number of hydrogen-bond donors (Lipinski definition) is 1. The number of aromatic nitrogens is 4. The molecule has 0 aliphatic rings. The Kier molecular flexibility index (Phi) is 3.58. The van der Waals surface area contributed by atoms with Gasteiger partial charge in [-0.3, -0.25) is 9.36 Å². The summed E-state index contributed by atoms with van der Waals surface area (Å²) in [5, 5.41) is 11.9. The van der Waals surface area contributed by atoms with E-state index in [0.717, 1.165) is 13.1 Å². The van der Waals surface area contributed by atoms with Crippen LogP contribution in [0.4, 0.5) is 0 Å². The van der Waals surface area contributed by atoms with Crippen LogP contribution in [0.25, 0.3) is 0 Å². The minimum atomic E-state index is 0.296. The van der Waals surface area contributed by atoms with E-state index in [0.29, 0.717) is 6.04 Å². The maximum Gasteiger partial charge on any atom is 0.0537 e. The van der Waals surface area contributed by atoms with Gasteiger partial charge in [-0.05, 0) is 19.9 Å². The molecule has 1 atom stereocenters. The molecule has 0 aliphatic carbocycles. The molecule has 1 N–H and O–H groups in total. The molecule has 17 heavy (non-hydrogen) atoms. The van der Waals surface area contributed by atoms with E-state index >= 15 is 0 Å². The molecule has 5 nitrogen and oxygen atoms in total. The highest BCUT2D eigenvalue weighted by atomic mass is 15.3. The van der Waals surface area contributed by atoms with Gasteiger partial charge in [0.05, 0.1) is 11.9 Å². The Morgan fingerprint density at radius 1 is 1.41 bits per heavy atom. The Morgan fingerprint density at radius 3 is 2.82 bits per heavy atom. The lowest BCUT2D eigenvalue weighted by atomic mass is 10.2. The van der Waals surface area contributed by atoms with Gasteiger partial charge in [0.2, 0.25) is 0 Å². The van der Waals surface area contributed by atoms with Crippen LogP contribution >= 0.6 is 0 Å². The molecule has 0 radical (unpaired) electrons. The van der Waals surface area contributed by atoms with Crippen LogP contribution in [0.1, 0.15) is 31.1 Å². The third-order valence-corrected chi connectivity index (χ3v) is 2.99. The number of aryl methyl sites for hydroxylation is 2. The second-order valence-electron chi connectivity index (χ2n) is 4.18. The first-order chi connectivity index (χ1) is 8.20. The fraction of sp³-hybridized carbons (Fsp3) is 0.500. The van der Waals surface area contributed by atoms with Gasteiger partial charge < -0.3 is 5.32 Å². The summed E-state index contributed by atoms with van der Waals surface area (Å²) in [5.74, 6) is 0. The molecule has 0 aromatic carbocycles. The van der Waals surface area contributed by atoms with Gasteiger partial charge in [-0.25, -0.2) is 0 Å². The van der Waals surface area contributed by atoms with Crippen LogP contribution in [0.5, 0.6) is 0 Å². The molecule has 0 aliphatic heterocycles. The van der Waals surface area contributed by atoms with Gasteiger partial charge in [-0.1, -0.05) is 0 Å². The lowest BCUT2D eigenvalue weighted by Crippen LogP contribution is -2.19. The Hall–Kier alpha value is -1.62. The molecule has 2 rings (SSSR count). The zero-order valence-corrected chi connectivity index (χ0v) is 10.6. The van der Waals surface area contributed by atoms with E-state index in [1.807, 2.05) is 34.9 Å². The first-order valence-electron chi connectivity index (χ1n) is 5.93. The minimum absolute atomic E-state index is 0.296. The zero-order valence-electron chi connectivity index (χ0n) is 10.6. The minimum Gasteiger partial charge on any atom is -0.304 e. The molecule has 5 heteroatoms. The maximum absolute atomic E-state index is 4.28. The largest absolute Gasteiger partial charge is 0.304 e. The van der Waals surface area contributed by atoms with Crippen molar-refractivity contribution in [3.63, 3.8) is 0 Å². The summed E-state index contributed by atoms with van der Waals surface area (Å²) in [7, 11) is 1.96. The summed E-state index contributed by atoms with van der Waals surface area (Å²) in [6, 6.07) is 2.32. The Labute approximate surface area is 101 Å². The van der Waals surface area contributed by atoms with E-state index in [2.05, 4.69) is 35.6 Å². The van der Waals surface area contributed by atoms with Crippen LogP contribution in [-0.2, 0) is 20.1 Å². The van der Waals surface area contributed by atoms with E-state index in [-0.39, 0.29) is 0 Å².